The van der Waals surface area contributed by atoms with Crippen molar-refractivity contribution in [1.82, 2.24) is 9.88 Å². The van der Waals surface area contributed by atoms with Crippen molar-refractivity contribution in [3.05, 3.63) is 39.9 Å². The fraction of sp³-hybridized carbons (Fsp3) is 0.421. The first kappa shape index (κ1) is 23.5. The van der Waals surface area contributed by atoms with Crippen molar-refractivity contribution in [3.63, 3.8) is 0 Å². The van der Waals surface area contributed by atoms with Crippen LogP contribution in [0.3, 0.4) is 0 Å². The largest absolute Gasteiger partial charge is 0.431 e. The Bertz CT molecular complexity index is 794. The maximum atomic E-state index is 13.2. The fourth-order valence-electron chi connectivity index (χ4n) is 2.90. The average Bonchev–Trinajstić information content (AvgIpc) is 2.61. The van der Waals surface area contributed by atoms with E-state index in [2.05, 4.69) is 4.98 Å². The Morgan fingerprint density at radius 3 is 2.32 bits per heavy atom. The third-order valence-electron chi connectivity index (χ3n) is 4.24. The van der Waals surface area contributed by atoms with Gasteiger partial charge in [-0.05, 0) is 43.8 Å². The number of hydrogen-bond acceptors (Lipinski definition) is 6. The Labute approximate surface area is 163 Å². The monoisotopic (exact) mass is 396 g/mol. The van der Waals surface area contributed by atoms with Gasteiger partial charge in [-0.3, -0.25) is 0 Å². The summed E-state index contributed by atoms with van der Waals surface area (Å²) in [5.74, 6) is -0.299. The van der Waals surface area contributed by atoms with Gasteiger partial charge in [-0.15, -0.1) is 0 Å². The molecule has 6 nitrogen and oxygen atoms in total. The van der Waals surface area contributed by atoms with Gasteiger partial charge in [0.05, 0.1) is 11.4 Å². The second-order valence-electron chi connectivity index (χ2n) is 6.66. The summed E-state index contributed by atoms with van der Waals surface area (Å²) in [4.78, 5) is 6.24. The standard InChI is InChI=1S/C19H27F3N6/c1-11(8-24)16-12(2)14(10-28(3)4)17(27-15(16)6-5-7-23)13(9-25)18(26)19(20,21)22/h5-6,8-9,11,24-25H,7,10,23,26H2,1-4H3/b6-5-,18-13?,24-8?,25-9?. The number of halogens is 3. The third-order valence-corrected chi connectivity index (χ3v) is 4.24. The molecular weight excluding hydrogens is 369 g/mol. The molecule has 9 heteroatoms. The first-order valence-electron chi connectivity index (χ1n) is 8.62. The molecule has 1 aromatic rings. The lowest BCUT2D eigenvalue weighted by Crippen LogP contribution is -2.24. The summed E-state index contributed by atoms with van der Waals surface area (Å²) < 4.78 is 39.7. The molecule has 0 bridgehead atoms. The number of nitrogens with zero attached hydrogens (tertiary/aromatic N) is 2. The predicted octanol–water partition coefficient (Wildman–Crippen LogP) is 3.06. The van der Waals surface area contributed by atoms with E-state index >= 15 is 0 Å². The molecule has 0 aromatic carbocycles. The highest BCUT2D eigenvalue weighted by molar-refractivity contribution is 6.09. The summed E-state index contributed by atoms with van der Waals surface area (Å²) in [7, 11) is 3.57. The van der Waals surface area contributed by atoms with E-state index in [9.17, 15) is 13.2 Å². The van der Waals surface area contributed by atoms with Crippen LogP contribution in [-0.2, 0) is 6.54 Å². The van der Waals surface area contributed by atoms with Crippen LogP contribution in [0.15, 0.2) is 11.8 Å². The Hall–Kier alpha value is -2.52. The molecule has 0 aliphatic carbocycles. The second kappa shape index (κ2) is 9.61. The predicted molar refractivity (Wildman–Crippen MR) is 108 cm³/mol. The normalized spacial score (nSPS) is 14.3. The zero-order valence-electron chi connectivity index (χ0n) is 16.5. The highest BCUT2D eigenvalue weighted by Gasteiger charge is 2.35. The first-order chi connectivity index (χ1) is 13.0. The molecule has 1 aromatic heterocycles. The highest BCUT2D eigenvalue weighted by Crippen LogP contribution is 2.34. The van der Waals surface area contributed by atoms with E-state index in [4.69, 9.17) is 22.3 Å². The summed E-state index contributed by atoms with van der Waals surface area (Å²) in [6.45, 7) is 4.12. The van der Waals surface area contributed by atoms with Gasteiger partial charge in [0.25, 0.3) is 0 Å². The maximum absolute atomic E-state index is 13.2. The Morgan fingerprint density at radius 1 is 1.29 bits per heavy atom. The molecule has 28 heavy (non-hydrogen) atoms. The van der Waals surface area contributed by atoms with Crippen LogP contribution in [-0.4, -0.2) is 49.1 Å². The van der Waals surface area contributed by atoms with Gasteiger partial charge in [0.15, 0.2) is 0 Å². The molecule has 1 rings (SSSR count). The lowest BCUT2D eigenvalue weighted by molar-refractivity contribution is -0.0919. The summed E-state index contributed by atoms with van der Waals surface area (Å²) in [6.07, 6.45) is 0.307. The summed E-state index contributed by atoms with van der Waals surface area (Å²) in [6, 6.07) is 0. The molecule has 0 saturated carbocycles. The third kappa shape index (κ3) is 5.26. The van der Waals surface area contributed by atoms with Crippen LogP contribution in [0.4, 0.5) is 13.2 Å². The van der Waals surface area contributed by atoms with Gasteiger partial charge < -0.3 is 27.2 Å². The Balaban J connectivity index is 4.03. The van der Waals surface area contributed by atoms with Crippen molar-refractivity contribution in [3.8, 4) is 0 Å². The SMILES string of the molecule is Cc1c(CN(C)C)c(C(C=N)=C(N)C(F)(F)F)nc(/C=C\CN)c1C(C)C=N. The van der Waals surface area contributed by atoms with Crippen molar-refractivity contribution in [2.75, 3.05) is 20.6 Å². The van der Waals surface area contributed by atoms with Gasteiger partial charge in [-0.1, -0.05) is 13.0 Å². The number of alkyl halides is 3. The van der Waals surface area contributed by atoms with Crippen LogP contribution >= 0.6 is 0 Å². The van der Waals surface area contributed by atoms with Gasteiger partial charge in [-0.2, -0.15) is 13.2 Å². The smallest absolute Gasteiger partial charge is 0.394 e. The van der Waals surface area contributed by atoms with Crippen molar-refractivity contribution in [2.24, 2.45) is 11.5 Å². The van der Waals surface area contributed by atoms with Crippen molar-refractivity contribution < 1.29 is 13.2 Å². The average molecular weight is 396 g/mol. The molecule has 154 valence electrons. The van der Waals surface area contributed by atoms with Crippen LogP contribution in [0.2, 0.25) is 0 Å². The van der Waals surface area contributed by atoms with Crippen LogP contribution in [0.25, 0.3) is 11.6 Å². The van der Waals surface area contributed by atoms with Crippen LogP contribution < -0.4 is 11.5 Å². The highest BCUT2D eigenvalue weighted by atomic mass is 19.4. The van der Waals surface area contributed by atoms with Gasteiger partial charge in [0.2, 0.25) is 0 Å². The minimum atomic E-state index is -4.79. The fourth-order valence-corrected chi connectivity index (χ4v) is 2.90. The molecule has 0 aliphatic heterocycles. The lowest BCUT2D eigenvalue weighted by Gasteiger charge is -2.23. The lowest BCUT2D eigenvalue weighted by atomic mass is 9.89. The first-order valence-corrected chi connectivity index (χ1v) is 8.62. The molecule has 0 spiro atoms. The number of nitrogens with one attached hydrogen (secondary N) is 2. The number of hydrogen-bond donors (Lipinski definition) is 4. The molecule has 0 saturated heterocycles. The molecule has 0 amide bonds. The van der Waals surface area contributed by atoms with E-state index in [0.717, 1.165) is 5.56 Å². The maximum Gasteiger partial charge on any atom is 0.431 e. The topological polar surface area (TPSA) is 116 Å². The zero-order valence-corrected chi connectivity index (χ0v) is 16.5. The number of nitrogens with two attached hydrogens (primary N) is 2. The van der Waals surface area contributed by atoms with Crippen LogP contribution in [0.1, 0.15) is 40.9 Å². The van der Waals surface area contributed by atoms with Crippen molar-refractivity contribution >= 4 is 24.1 Å². The van der Waals surface area contributed by atoms with E-state index in [1.165, 1.54) is 6.21 Å². The van der Waals surface area contributed by atoms with Crippen LogP contribution in [0.5, 0.6) is 0 Å². The molecule has 0 radical (unpaired) electrons. The number of allylic oxidation sites excluding steroid dienone is 2. The second-order valence-corrected chi connectivity index (χ2v) is 6.66. The van der Waals surface area contributed by atoms with Gasteiger partial charge in [0, 0.05) is 37.0 Å². The van der Waals surface area contributed by atoms with E-state index in [1.807, 2.05) is 6.92 Å². The van der Waals surface area contributed by atoms with Gasteiger partial charge in [0.1, 0.15) is 5.70 Å². The minimum Gasteiger partial charge on any atom is -0.394 e. The number of rotatable bonds is 8. The summed E-state index contributed by atoms with van der Waals surface area (Å²) >= 11 is 0. The molecular formula is C19H27F3N6. The Morgan fingerprint density at radius 2 is 1.89 bits per heavy atom. The number of aromatic nitrogens is 1. The molecule has 6 N–H and O–H groups in total. The number of pyridine rings is 1. The van der Waals surface area contributed by atoms with E-state index < -0.39 is 17.4 Å². The summed E-state index contributed by atoms with van der Waals surface area (Å²) in [5, 5.41) is 15.2. The molecule has 1 heterocycles. The Kier molecular flexibility index (Phi) is 8.07. The molecule has 1 atom stereocenters. The molecule has 0 fully saturated rings. The summed E-state index contributed by atoms with van der Waals surface area (Å²) in [5.41, 5.74) is 11.4. The van der Waals surface area contributed by atoms with E-state index in [0.29, 0.717) is 29.6 Å². The van der Waals surface area contributed by atoms with Gasteiger partial charge in [-0.25, -0.2) is 4.98 Å². The zero-order chi connectivity index (χ0) is 21.6. The molecule has 1 unspecified atom stereocenters. The molecule has 0 aliphatic rings. The van der Waals surface area contributed by atoms with E-state index in [1.54, 1.807) is 38.1 Å². The van der Waals surface area contributed by atoms with Gasteiger partial charge >= 0.3 is 6.18 Å². The van der Waals surface area contributed by atoms with Crippen molar-refractivity contribution in [1.29, 1.82) is 10.8 Å². The quantitative estimate of drug-likeness (QED) is 0.505. The minimum absolute atomic E-state index is 0.00799. The van der Waals surface area contributed by atoms with Crippen molar-refractivity contribution in [2.45, 2.75) is 32.5 Å². The van der Waals surface area contributed by atoms with Crippen LogP contribution in [0, 0.1) is 17.7 Å². The van der Waals surface area contributed by atoms with E-state index in [-0.39, 0.29) is 18.2 Å².